The Morgan fingerprint density at radius 1 is 1.19 bits per heavy atom. The van der Waals surface area contributed by atoms with Crippen LogP contribution in [0.5, 0.6) is 0 Å². The van der Waals surface area contributed by atoms with Crippen LogP contribution in [0.3, 0.4) is 0 Å². The van der Waals surface area contributed by atoms with E-state index in [0.29, 0.717) is 30.1 Å². The van der Waals surface area contributed by atoms with Gasteiger partial charge in [0.15, 0.2) is 0 Å². The van der Waals surface area contributed by atoms with E-state index < -0.39 is 0 Å². The lowest BCUT2D eigenvalue weighted by molar-refractivity contribution is 0.0735. The molecule has 0 unspecified atom stereocenters. The van der Waals surface area contributed by atoms with Crippen LogP contribution >= 0.6 is 11.6 Å². The zero-order chi connectivity index (χ0) is 18.1. The zero-order valence-electron chi connectivity index (χ0n) is 14.4. The van der Waals surface area contributed by atoms with E-state index in [-0.39, 0.29) is 22.8 Å². The standard InChI is InChI=1S/C20H21ClFN3O/c21-18-5-1-3-16(19(18)22)12-24-10-14-6-7-17(24)13-25(11-14)20(26)15-4-2-8-23-9-15/h1-5,8-9,14,17H,6-7,10-13H2/t14-,17-/m1/s1. The molecule has 5 rings (SSSR count). The first-order valence-electron chi connectivity index (χ1n) is 8.98. The predicted octanol–water partition coefficient (Wildman–Crippen LogP) is 3.61. The van der Waals surface area contributed by atoms with E-state index in [0.717, 1.165) is 25.9 Å². The minimum Gasteiger partial charge on any atom is -0.337 e. The Kier molecular flexibility index (Phi) is 4.92. The number of carbonyl (C=O) groups is 1. The third kappa shape index (κ3) is 3.46. The number of fused-ring (bicyclic) bond motifs is 4. The maximum absolute atomic E-state index is 14.3. The normalized spacial score (nSPS) is 23.1. The average molecular weight is 374 g/mol. The molecule has 3 saturated heterocycles. The number of carbonyl (C=O) groups excluding carboxylic acids is 1. The molecule has 0 spiro atoms. The van der Waals surface area contributed by atoms with Crippen molar-refractivity contribution in [2.24, 2.45) is 5.92 Å². The van der Waals surface area contributed by atoms with Gasteiger partial charge in [0.05, 0.1) is 10.6 Å². The fourth-order valence-electron chi connectivity index (χ4n) is 4.10. The SMILES string of the molecule is O=C(c1cccnc1)N1C[C@@H]2CC[C@H](C1)N(Cc1cccc(Cl)c1F)C2. The van der Waals surface area contributed by atoms with Gasteiger partial charge in [0.2, 0.25) is 0 Å². The van der Waals surface area contributed by atoms with Gasteiger partial charge in [-0.2, -0.15) is 0 Å². The number of piperidine rings is 1. The van der Waals surface area contributed by atoms with Gasteiger partial charge in [0, 0.05) is 50.2 Å². The number of pyridine rings is 1. The molecule has 0 N–H and O–H groups in total. The van der Waals surface area contributed by atoms with Crippen molar-refractivity contribution in [3.63, 3.8) is 0 Å². The number of amides is 1. The fraction of sp³-hybridized carbons (Fsp3) is 0.400. The van der Waals surface area contributed by atoms with Crippen molar-refractivity contribution in [2.45, 2.75) is 25.4 Å². The van der Waals surface area contributed by atoms with E-state index in [1.807, 2.05) is 4.90 Å². The van der Waals surface area contributed by atoms with Gasteiger partial charge in [0.1, 0.15) is 5.82 Å². The average Bonchev–Trinajstić information content (AvgIpc) is 2.97. The summed E-state index contributed by atoms with van der Waals surface area (Å²) in [7, 11) is 0. The third-order valence-electron chi connectivity index (χ3n) is 5.43. The zero-order valence-corrected chi connectivity index (χ0v) is 15.2. The molecule has 6 heteroatoms. The van der Waals surface area contributed by atoms with Gasteiger partial charge in [-0.15, -0.1) is 0 Å². The summed E-state index contributed by atoms with van der Waals surface area (Å²) in [4.78, 5) is 21.1. The molecule has 3 aliphatic heterocycles. The highest BCUT2D eigenvalue weighted by Gasteiger charge is 2.36. The van der Waals surface area contributed by atoms with Crippen LogP contribution < -0.4 is 0 Å². The van der Waals surface area contributed by atoms with Crippen LogP contribution in [-0.4, -0.2) is 46.4 Å². The predicted molar refractivity (Wildman–Crippen MR) is 98.5 cm³/mol. The minimum absolute atomic E-state index is 0.0331. The number of rotatable bonds is 3. The van der Waals surface area contributed by atoms with Crippen LogP contribution in [0.15, 0.2) is 42.7 Å². The molecule has 2 atom stereocenters. The molecule has 3 aliphatic rings. The quantitative estimate of drug-likeness (QED) is 0.824. The minimum atomic E-state index is -0.336. The Labute approximate surface area is 157 Å². The lowest BCUT2D eigenvalue weighted by Gasteiger charge is -2.36. The maximum atomic E-state index is 14.3. The summed E-state index contributed by atoms with van der Waals surface area (Å²) < 4.78 is 14.3. The Hall–Kier alpha value is -1.98. The van der Waals surface area contributed by atoms with Crippen LogP contribution in [0, 0.1) is 11.7 Å². The molecule has 2 aromatic rings. The van der Waals surface area contributed by atoms with Crippen LogP contribution in [0.2, 0.25) is 5.02 Å². The van der Waals surface area contributed by atoms with Crippen molar-refractivity contribution >= 4 is 17.5 Å². The van der Waals surface area contributed by atoms with Gasteiger partial charge in [-0.25, -0.2) is 4.39 Å². The molecule has 1 aromatic heterocycles. The Bertz CT molecular complexity index is 801. The fourth-order valence-corrected chi connectivity index (χ4v) is 4.29. The molecule has 3 fully saturated rings. The lowest BCUT2D eigenvalue weighted by Crippen LogP contribution is -2.44. The number of aromatic nitrogens is 1. The highest BCUT2D eigenvalue weighted by molar-refractivity contribution is 6.30. The molecule has 1 amide bonds. The Morgan fingerprint density at radius 3 is 2.88 bits per heavy atom. The molecule has 4 nitrogen and oxygen atoms in total. The van der Waals surface area contributed by atoms with Crippen LogP contribution in [0.4, 0.5) is 4.39 Å². The first-order valence-corrected chi connectivity index (χ1v) is 9.36. The number of halogens is 2. The van der Waals surface area contributed by atoms with Crippen molar-refractivity contribution in [1.29, 1.82) is 0 Å². The molecular weight excluding hydrogens is 353 g/mol. The highest BCUT2D eigenvalue weighted by atomic mass is 35.5. The van der Waals surface area contributed by atoms with Crippen molar-refractivity contribution in [2.75, 3.05) is 19.6 Å². The summed E-state index contributed by atoms with van der Waals surface area (Å²) >= 11 is 5.92. The van der Waals surface area contributed by atoms with Gasteiger partial charge in [-0.05, 0) is 37.0 Å². The van der Waals surface area contributed by atoms with Crippen LogP contribution in [-0.2, 0) is 6.54 Å². The van der Waals surface area contributed by atoms with Crippen molar-refractivity contribution in [3.05, 3.63) is 64.7 Å². The maximum Gasteiger partial charge on any atom is 0.255 e. The van der Waals surface area contributed by atoms with E-state index in [1.165, 1.54) is 0 Å². The van der Waals surface area contributed by atoms with Gasteiger partial charge in [-0.1, -0.05) is 23.7 Å². The van der Waals surface area contributed by atoms with E-state index in [2.05, 4.69) is 9.88 Å². The Balaban J connectivity index is 1.51. The third-order valence-corrected chi connectivity index (χ3v) is 5.72. The Morgan fingerprint density at radius 2 is 2.08 bits per heavy atom. The van der Waals surface area contributed by atoms with Crippen molar-refractivity contribution < 1.29 is 9.18 Å². The molecule has 0 radical (unpaired) electrons. The number of nitrogens with zero attached hydrogens (tertiary/aromatic N) is 3. The van der Waals surface area contributed by atoms with Gasteiger partial charge in [0.25, 0.3) is 5.91 Å². The number of hydrogen-bond donors (Lipinski definition) is 0. The number of hydrogen-bond acceptors (Lipinski definition) is 3. The molecule has 4 heterocycles. The van der Waals surface area contributed by atoms with E-state index >= 15 is 0 Å². The van der Waals surface area contributed by atoms with E-state index in [4.69, 9.17) is 11.6 Å². The van der Waals surface area contributed by atoms with Gasteiger partial charge >= 0.3 is 0 Å². The molecule has 0 aliphatic carbocycles. The van der Waals surface area contributed by atoms with E-state index in [1.54, 1.807) is 42.7 Å². The van der Waals surface area contributed by atoms with Gasteiger partial charge < -0.3 is 4.90 Å². The molecule has 1 aromatic carbocycles. The summed E-state index contributed by atoms with van der Waals surface area (Å²) in [5.41, 5.74) is 1.25. The summed E-state index contributed by atoms with van der Waals surface area (Å²) in [5.74, 6) is 0.111. The lowest BCUT2D eigenvalue weighted by atomic mass is 9.94. The first-order chi connectivity index (χ1) is 12.6. The molecule has 0 saturated carbocycles. The summed E-state index contributed by atoms with van der Waals surface area (Å²) in [6, 6.07) is 8.99. The first kappa shape index (κ1) is 17.4. The second-order valence-corrected chi connectivity index (χ2v) is 7.60. The van der Waals surface area contributed by atoms with Crippen molar-refractivity contribution in [1.82, 2.24) is 14.8 Å². The smallest absolute Gasteiger partial charge is 0.255 e. The van der Waals surface area contributed by atoms with Crippen LogP contribution in [0.1, 0.15) is 28.8 Å². The molecule has 26 heavy (non-hydrogen) atoms. The largest absolute Gasteiger partial charge is 0.337 e. The highest BCUT2D eigenvalue weighted by Crippen LogP contribution is 2.31. The molecular formula is C20H21ClFN3O. The van der Waals surface area contributed by atoms with Crippen molar-refractivity contribution in [3.8, 4) is 0 Å². The molecule has 2 bridgehead atoms. The summed E-state index contributed by atoms with van der Waals surface area (Å²) in [5, 5.41) is 0.163. The monoisotopic (exact) mass is 373 g/mol. The van der Waals surface area contributed by atoms with Gasteiger partial charge in [-0.3, -0.25) is 14.7 Å². The number of benzene rings is 1. The van der Waals surface area contributed by atoms with Crippen LogP contribution in [0.25, 0.3) is 0 Å². The second-order valence-electron chi connectivity index (χ2n) is 7.19. The summed E-state index contributed by atoms with van der Waals surface area (Å²) in [6.07, 6.45) is 5.43. The summed E-state index contributed by atoms with van der Waals surface area (Å²) in [6.45, 7) is 2.83. The van der Waals surface area contributed by atoms with E-state index in [9.17, 15) is 9.18 Å². The second kappa shape index (κ2) is 7.33. The topological polar surface area (TPSA) is 36.4 Å². The molecule has 136 valence electrons.